The van der Waals surface area contributed by atoms with E-state index in [2.05, 4.69) is 54.6 Å². The van der Waals surface area contributed by atoms with E-state index in [0.717, 1.165) is 38.9 Å². The van der Waals surface area contributed by atoms with Crippen molar-refractivity contribution in [2.24, 2.45) is 0 Å². The Hall–Kier alpha value is -5.98. The van der Waals surface area contributed by atoms with E-state index in [1.807, 2.05) is 91.0 Å². The monoisotopic (exact) mass is 608 g/mol. The Morgan fingerprint density at radius 2 is 0.978 bits per heavy atom. The molecule has 216 valence electrons. The summed E-state index contributed by atoms with van der Waals surface area (Å²) in [5.74, 6) is 2.58. The summed E-state index contributed by atoms with van der Waals surface area (Å²) in [6, 6.07) is 49.4. The molecule has 5 nitrogen and oxygen atoms in total. The Bertz CT molecular complexity index is 2450. The molecule has 0 aliphatic rings. The van der Waals surface area contributed by atoms with Crippen LogP contribution in [0.4, 0.5) is 0 Å². The largest absolute Gasteiger partial charge is 0.436 e. The number of nitrogens with zero attached hydrogens (tertiary/aromatic N) is 4. The van der Waals surface area contributed by atoms with E-state index in [-0.39, 0.29) is 0 Å². The van der Waals surface area contributed by atoms with Gasteiger partial charge in [0.05, 0.1) is 0 Å². The zero-order valence-corrected chi connectivity index (χ0v) is 25.3. The van der Waals surface area contributed by atoms with Crippen LogP contribution in [-0.4, -0.2) is 19.9 Å². The van der Waals surface area contributed by atoms with Gasteiger partial charge in [-0.25, -0.2) is 19.9 Å². The van der Waals surface area contributed by atoms with Crippen LogP contribution in [0.5, 0.6) is 0 Å². The maximum atomic E-state index is 6.25. The van der Waals surface area contributed by atoms with Gasteiger partial charge in [0.2, 0.25) is 5.89 Å². The molecule has 9 aromatic rings. The van der Waals surface area contributed by atoms with Gasteiger partial charge in [-0.1, -0.05) is 115 Å². The predicted octanol–water partition coefficient (Wildman–Crippen LogP) is 10.7. The molecule has 3 aromatic heterocycles. The molecule has 6 heteroatoms. The lowest BCUT2D eigenvalue weighted by molar-refractivity contribution is 0.620. The average molecular weight is 609 g/mol. The standard InChI is InChI=1S/C40H24N4OS/c1-4-11-26(12-5-1)37-42-38(27-13-6-2-7-14-27)44-39(43-37)28-21-19-25(20-22-28)30-17-10-18-34-36(30)31-23-33-32(24-35(31)46-34)41-40(45-33)29-15-8-3-9-16-29/h1-24H. The minimum atomic E-state index is 0.637. The van der Waals surface area contributed by atoms with Gasteiger partial charge in [-0.15, -0.1) is 11.3 Å². The van der Waals surface area contributed by atoms with Crippen molar-refractivity contribution in [1.29, 1.82) is 0 Å². The van der Waals surface area contributed by atoms with Crippen LogP contribution in [0.15, 0.2) is 150 Å². The van der Waals surface area contributed by atoms with Crippen LogP contribution in [0, 0.1) is 0 Å². The smallest absolute Gasteiger partial charge is 0.227 e. The molecule has 0 unspecified atom stereocenters. The highest BCUT2D eigenvalue weighted by atomic mass is 32.1. The third-order valence-electron chi connectivity index (χ3n) is 8.18. The van der Waals surface area contributed by atoms with Crippen molar-refractivity contribution in [3.05, 3.63) is 146 Å². The van der Waals surface area contributed by atoms with E-state index >= 15 is 0 Å². The molecular weight excluding hydrogens is 585 g/mol. The molecule has 0 aliphatic heterocycles. The summed E-state index contributed by atoms with van der Waals surface area (Å²) < 4.78 is 8.66. The zero-order chi connectivity index (χ0) is 30.5. The minimum absolute atomic E-state index is 0.637. The molecule has 0 atom stereocenters. The van der Waals surface area contributed by atoms with E-state index in [1.54, 1.807) is 11.3 Å². The van der Waals surface area contributed by atoms with Gasteiger partial charge >= 0.3 is 0 Å². The van der Waals surface area contributed by atoms with E-state index in [9.17, 15) is 0 Å². The number of thiophene rings is 1. The van der Waals surface area contributed by atoms with Crippen LogP contribution < -0.4 is 0 Å². The summed E-state index contributed by atoms with van der Waals surface area (Å²) in [6.07, 6.45) is 0. The van der Waals surface area contributed by atoms with E-state index < -0.39 is 0 Å². The third kappa shape index (κ3) is 4.64. The van der Waals surface area contributed by atoms with E-state index in [1.165, 1.54) is 25.7 Å². The van der Waals surface area contributed by atoms with Crippen LogP contribution in [0.25, 0.3) is 88.0 Å². The molecule has 0 amide bonds. The molecule has 0 aliphatic carbocycles. The van der Waals surface area contributed by atoms with Crippen LogP contribution in [0.1, 0.15) is 0 Å². The van der Waals surface area contributed by atoms with Gasteiger partial charge < -0.3 is 4.42 Å². The maximum absolute atomic E-state index is 6.25. The van der Waals surface area contributed by atoms with Gasteiger partial charge in [-0.2, -0.15) is 0 Å². The van der Waals surface area contributed by atoms with Gasteiger partial charge in [-0.3, -0.25) is 0 Å². The molecule has 46 heavy (non-hydrogen) atoms. The van der Waals surface area contributed by atoms with Crippen LogP contribution in [-0.2, 0) is 0 Å². The molecular formula is C40H24N4OS. The fraction of sp³-hybridized carbons (Fsp3) is 0. The highest BCUT2D eigenvalue weighted by Gasteiger charge is 2.16. The molecule has 0 bridgehead atoms. The third-order valence-corrected chi connectivity index (χ3v) is 9.30. The molecule has 9 rings (SSSR count). The SMILES string of the molecule is c1ccc(-c2nc(-c3ccccc3)nc(-c3ccc(-c4cccc5sc6cc7nc(-c8ccccc8)oc7cc6c45)cc3)n2)cc1. The van der Waals surface area contributed by atoms with Crippen molar-refractivity contribution >= 4 is 42.6 Å². The van der Waals surface area contributed by atoms with E-state index in [4.69, 9.17) is 24.4 Å². The fourth-order valence-corrected chi connectivity index (χ4v) is 7.08. The molecule has 0 radical (unpaired) electrons. The van der Waals surface area contributed by atoms with Crippen molar-refractivity contribution in [2.45, 2.75) is 0 Å². The average Bonchev–Trinajstić information content (AvgIpc) is 3.72. The van der Waals surface area contributed by atoms with Crippen molar-refractivity contribution < 1.29 is 4.42 Å². The van der Waals surface area contributed by atoms with E-state index in [0.29, 0.717) is 23.4 Å². The van der Waals surface area contributed by atoms with Crippen molar-refractivity contribution in [3.8, 4) is 56.7 Å². The number of benzene rings is 6. The first-order chi connectivity index (χ1) is 22.8. The first-order valence-corrected chi connectivity index (χ1v) is 15.9. The fourth-order valence-electron chi connectivity index (χ4n) is 5.93. The minimum Gasteiger partial charge on any atom is -0.436 e. The summed E-state index contributed by atoms with van der Waals surface area (Å²) in [6.45, 7) is 0. The first kappa shape index (κ1) is 26.4. The molecule has 0 fully saturated rings. The topological polar surface area (TPSA) is 64.7 Å². The zero-order valence-electron chi connectivity index (χ0n) is 24.5. The number of fused-ring (bicyclic) bond motifs is 4. The summed E-state index contributed by atoms with van der Waals surface area (Å²) in [5.41, 5.74) is 7.75. The van der Waals surface area contributed by atoms with Crippen LogP contribution >= 0.6 is 11.3 Å². The van der Waals surface area contributed by atoms with Crippen molar-refractivity contribution in [3.63, 3.8) is 0 Å². The van der Waals surface area contributed by atoms with Crippen LogP contribution in [0.3, 0.4) is 0 Å². The molecule has 0 N–H and O–H groups in total. The number of aromatic nitrogens is 4. The second kappa shape index (κ2) is 10.9. The summed E-state index contributed by atoms with van der Waals surface area (Å²) in [4.78, 5) is 19.4. The first-order valence-electron chi connectivity index (χ1n) is 15.1. The molecule has 3 heterocycles. The summed E-state index contributed by atoms with van der Waals surface area (Å²) in [7, 11) is 0. The van der Waals surface area contributed by atoms with Gasteiger partial charge in [0, 0.05) is 42.4 Å². The summed E-state index contributed by atoms with van der Waals surface area (Å²) in [5, 5.41) is 2.38. The normalized spacial score (nSPS) is 11.5. The number of oxazole rings is 1. The number of hydrogen-bond donors (Lipinski definition) is 0. The van der Waals surface area contributed by atoms with Crippen molar-refractivity contribution in [1.82, 2.24) is 19.9 Å². The Morgan fingerprint density at radius 1 is 0.435 bits per heavy atom. The Balaban J connectivity index is 1.14. The second-order valence-electron chi connectivity index (χ2n) is 11.1. The Labute approximate surface area is 268 Å². The number of hydrogen-bond acceptors (Lipinski definition) is 6. The Morgan fingerprint density at radius 3 is 1.59 bits per heavy atom. The molecule has 0 spiro atoms. The maximum Gasteiger partial charge on any atom is 0.227 e. The van der Waals surface area contributed by atoms with Gasteiger partial charge in [0.1, 0.15) is 5.52 Å². The summed E-state index contributed by atoms with van der Waals surface area (Å²) >= 11 is 1.78. The lowest BCUT2D eigenvalue weighted by Crippen LogP contribution is -2.00. The van der Waals surface area contributed by atoms with Crippen molar-refractivity contribution in [2.75, 3.05) is 0 Å². The van der Waals surface area contributed by atoms with Gasteiger partial charge in [0.15, 0.2) is 23.1 Å². The lowest BCUT2D eigenvalue weighted by Gasteiger charge is -2.09. The predicted molar refractivity (Wildman–Crippen MR) is 187 cm³/mol. The quantitative estimate of drug-likeness (QED) is 0.194. The lowest BCUT2D eigenvalue weighted by atomic mass is 9.98. The highest BCUT2D eigenvalue weighted by Crippen LogP contribution is 2.42. The highest BCUT2D eigenvalue weighted by molar-refractivity contribution is 7.26. The Kier molecular flexibility index (Phi) is 6.25. The van der Waals surface area contributed by atoms with Gasteiger partial charge in [0.25, 0.3) is 0 Å². The molecule has 0 saturated heterocycles. The molecule has 0 saturated carbocycles. The van der Waals surface area contributed by atoms with Gasteiger partial charge in [-0.05, 0) is 41.5 Å². The molecule has 6 aromatic carbocycles. The second-order valence-corrected chi connectivity index (χ2v) is 12.2. The van der Waals surface area contributed by atoms with Crippen LogP contribution in [0.2, 0.25) is 0 Å². The number of rotatable bonds is 5.